The number of fused-ring (bicyclic) bond motifs is 1. The van der Waals surface area contributed by atoms with Crippen molar-refractivity contribution in [3.63, 3.8) is 0 Å². The second-order valence-corrected chi connectivity index (χ2v) is 4.54. The summed E-state index contributed by atoms with van der Waals surface area (Å²) in [4.78, 5) is 11.0. The Morgan fingerprint density at radius 2 is 1.87 bits per heavy atom. The Hall–Kier alpha value is -1.40. The van der Waals surface area contributed by atoms with Gasteiger partial charge in [-0.15, -0.1) is 0 Å². The zero-order valence-corrected chi connectivity index (χ0v) is 8.91. The van der Waals surface area contributed by atoms with Crippen molar-refractivity contribution in [3.8, 4) is 0 Å². The topological polar surface area (TPSA) is 83.5 Å². The second kappa shape index (κ2) is 4.41. The van der Waals surface area contributed by atoms with E-state index in [4.69, 9.17) is 4.55 Å². The van der Waals surface area contributed by atoms with Gasteiger partial charge >= 0.3 is 0 Å². The maximum atomic E-state index is 11.0. The van der Waals surface area contributed by atoms with E-state index in [-0.39, 0.29) is 5.91 Å². The Labute approximate surface area is 87.9 Å². The minimum absolute atomic E-state index is 0.0515. The largest absolute Gasteiger partial charge is 0.348 e. The van der Waals surface area contributed by atoms with E-state index < -0.39 is 10.1 Å². The monoisotopic (exact) mass is 229 g/mol. The minimum atomic E-state index is -3.67. The fourth-order valence-electron chi connectivity index (χ4n) is 1.17. The van der Waals surface area contributed by atoms with Crippen molar-refractivity contribution >= 4 is 16.0 Å². The van der Waals surface area contributed by atoms with Crippen LogP contribution in [-0.2, 0) is 16.7 Å². The lowest BCUT2D eigenvalue weighted by Gasteiger charge is -1.89. The molecule has 0 aliphatic carbocycles. The molecule has 1 aromatic carbocycles. The maximum Gasteiger partial charge on any atom is 0.261 e. The van der Waals surface area contributed by atoms with Gasteiger partial charge in [-0.2, -0.15) is 8.42 Å². The van der Waals surface area contributed by atoms with Gasteiger partial charge in [0.2, 0.25) is 0 Å². The molecule has 0 unspecified atom stereocenters. The average molecular weight is 229 g/mol. The molecule has 0 radical (unpaired) electrons. The van der Waals surface area contributed by atoms with Gasteiger partial charge in [0, 0.05) is 12.1 Å². The van der Waals surface area contributed by atoms with E-state index in [9.17, 15) is 13.2 Å². The standard InChI is InChI=1S/C8H7NO.CH4O3S/c10-8-7-4-2-1-3-6(7)5-9-8;1-5(2,3)4/h1-4H,5H2,(H,9,10);1H3,(H,2,3,4). The van der Waals surface area contributed by atoms with Gasteiger partial charge in [0.05, 0.1) is 6.26 Å². The van der Waals surface area contributed by atoms with Crippen LogP contribution in [-0.4, -0.2) is 25.1 Å². The molecule has 2 rings (SSSR count). The van der Waals surface area contributed by atoms with Crippen LogP contribution in [0.2, 0.25) is 0 Å². The summed E-state index contributed by atoms with van der Waals surface area (Å²) in [5.41, 5.74) is 1.93. The second-order valence-electron chi connectivity index (χ2n) is 3.07. The summed E-state index contributed by atoms with van der Waals surface area (Å²) in [6.45, 7) is 0.689. The smallest absolute Gasteiger partial charge is 0.261 e. The quantitative estimate of drug-likeness (QED) is 0.632. The van der Waals surface area contributed by atoms with Crippen LogP contribution < -0.4 is 5.32 Å². The van der Waals surface area contributed by atoms with Crippen LogP contribution in [0.5, 0.6) is 0 Å². The molecule has 0 spiro atoms. The molecule has 1 heterocycles. The number of amides is 1. The van der Waals surface area contributed by atoms with E-state index in [0.29, 0.717) is 12.8 Å². The molecule has 1 aromatic rings. The van der Waals surface area contributed by atoms with Crippen LogP contribution in [0.3, 0.4) is 0 Å². The Kier molecular flexibility index (Phi) is 3.43. The fraction of sp³-hybridized carbons (Fsp3) is 0.222. The molecule has 82 valence electrons. The Morgan fingerprint density at radius 3 is 2.40 bits per heavy atom. The van der Waals surface area contributed by atoms with E-state index in [1.54, 1.807) is 0 Å². The van der Waals surface area contributed by atoms with Crippen molar-refractivity contribution in [3.05, 3.63) is 35.4 Å². The molecule has 0 aromatic heterocycles. The predicted octanol–water partition coefficient (Wildman–Crippen LogP) is 0.434. The summed E-state index contributed by atoms with van der Waals surface area (Å²) in [7, 11) is -3.67. The van der Waals surface area contributed by atoms with E-state index in [1.165, 1.54) is 0 Å². The molecule has 15 heavy (non-hydrogen) atoms. The number of rotatable bonds is 0. The number of carbonyl (C=O) groups is 1. The van der Waals surface area contributed by atoms with E-state index in [0.717, 1.165) is 11.1 Å². The van der Waals surface area contributed by atoms with Crippen molar-refractivity contribution in [1.82, 2.24) is 5.32 Å². The first-order valence-electron chi connectivity index (χ1n) is 4.16. The lowest BCUT2D eigenvalue weighted by Crippen LogP contribution is -2.12. The van der Waals surface area contributed by atoms with Crippen molar-refractivity contribution in [1.29, 1.82) is 0 Å². The highest BCUT2D eigenvalue weighted by atomic mass is 32.2. The van der Waals surface area contributed by atoms with Crippen LogP contribution in [0, 0.1) is 0 Å². The molecule has 0 fully saturated rings. The number of hydrogen-bond donors (Lipinski definition) is 2. The molecule has 1 aliphatic rings. The van der Waals surface area contributed by atoms with Crippen molar-refractivity contribution in [2.24, 2.45) is 0 Å². The molecule has 0 bridgehead atoms. The van der Waals surface area contributed by atoms with Gasteiger partial charge < -0.3 is 5.32 Å². The molecule has 6 heteroatoms. The van der Waals surface area contributed by atoms with Crippen LogP contribution in [0.1, 0.15) is 15.9 Å². The number of hydrogen-bond acceptors (Lipinski definition) is 3. The molecule has 5 nitrogen and oxygen atoms in total. The van der Waals surface area contributed by atoms with Gasteiger partial charge in [-0.1, -0.05) is 18.2 Å². The highest BCUT2D eigenvalue weighted by Crippen LogP contribution is 2.13. The number of benzene rings is 1. The predicted molar refractivity (Wildman–Crippen MR) is 55.1 cm³/mol. The van der Waals surface area contributed by atoms with Crippen molar-refractivity contribution < 1.29 is 17.8 Å². The first-order valence-corrected chi connectivity index (χ1v) is 6.01. The van der Waals surface area contributed by atoms with Crippen LogP contribution >= 0.6 is 0 Å². The molecule has 0 saturated heterocycles. The first-order chi connectivity index (χ1) is 6.88. The molecule has 2 N–H and O–H groups in total. The fourth-order valence-corrected chi connectivity index (χ4v) is 1.17. The van der Waals surface area contributed by atoms with Crippen LogP contribution in [0.15, 0.2) is 24.3 Å². The van der Waals surface area contributed by atoms with Crippen LogP contribution in [0.25, 0.3) is 0 Å². The summed E-state index contributed by atoms with van der Waals surface area (Å²) in [5.74, 6) is 0.0515. The first kappa shape index (κ1) is 11.7. The average Bonchev–Trinajstić information content (AvgIpc) is 2.46. The lowest BCUT2D eigenvalue weighted by molar-refractivity contribution is 0.0965. The Balaban J connectivity index is 0.000000195. The van der Waals surface area contributed by atoms with Gasteiger partial charge in [0.1, 0.15) is 0 Å². The molecule has 1 aliphatic heterocycles. The normalized spacial score (nSPS) is 13.6. The molecular formula is C9H11NO4S. The van der Waals surface area contributed by atoms with Gasteiger partial charge in [-0.3, -0.25) is 9.35 Å². The Morgan fingerprint density at radius 1 is 1.33 bits per heavy atom. The minimum Gasteiger partial charge on any atom is -0.348 e. The summed E-state index contributed by atoms with van der Waals surface area (Å²) in [5, 5.41) is 2.75. The van der Waals surface area contributed by atoms with Crippen molar-refractivity contribution in [2.75, 3.05) is 6.26 Å². The third-order valence-electron chi connectivity index (χ3n) is 1.70. The van der Waals surface area contributed by atoms with Gasteiger partial charge in [-0.05, 0) is 11.6 Å². The summed E-state index contributed by atoms with van der Waals surface area (Å²) < 4.78 is 25.9. The SMILES string of the molecule is CS(=O)(=O)O.O=C1NCc2ccccc21. The third kappa shape index (κ3) is 4.09. The maximum absolute atomic E-state index is 11.0. The number of nitrogens with one attached hydrogen (secondary N) is 1. The van der Waals surface area contributed by atoms with Gasteiger partial charge in [-0.25, -0.2) is 0 Å². The third-order valence-corrected chi connectivity index (χ3v) is 1.70. The Bertz CT molecular complexity index is 459. The molecule has 1 amide bonds. The summed E-state index contributed by atoms with van der Waals surface area (Å²) in [6, 6.07) is 7.63. The highest BCUT2D eigenvalue weighted by molar-refractivity contribution is 7.85. The van der Waals surface area contributed by atoms with Crippen molar-refractivity contribution in [2.45, 2.75) is 6.54 Å². The number of carbonyl (C=O) groups excluding carboxylic acids is 1. The van der Waals surface area contributed by atoms with E-state index in [1.807, 2.05) is 24.3 Å². The van der Waals surface area contributed by atoms with Gasteiger partial charge in [0.25, 0.3) is 16.0 Å². The van der Waals surface area contributed by atoms with Crippen LogP contribution in [0.4, 0.5) is 0 Å². The zero-order chi connectivity index (χ0) is 11.5. The van der Waals surface area contributed by atoms with E-state index in [2.05, 4.69) is 5.32 Å². The molecule has 0 atom stereocenters. The highest BCUT2D eigenvalue weighted by Gasteiger charge is 2.16. The molecular weight excluding hydrogens is 218 g/mol. The zero-order valence-electron chi connectivity index (χ0n) is 8.10. The lowest BCUT2D eigenvalue weighted by atomic mass is 10.1. The molecule has 0 saturated carbocycles. The summed E-state index contributed by atoms with van der Waals surface area (Å²) in [6.07, 6.45) is 0.715. The van der Waals surface area contributed by atoms with Gasteiger partial charge in [0.15, 0.2) is 0 Å². The van der Waals surface area contributed by atoms with E-state index >= 15 is 0 Å². The summed E-state index contributed by atoms with van der Waals surface area (Å²) >= 11 is 0.